The van der Waals surface area contributed by atoms with Gasteiger partial charge in [0.1, 0.15) is 0 Å². The summed E-state index contributed by atoms with van der Waals surface area (Å²) in [5.41, 5.74) is 0.521. The van der Waals surface area contributed by atoms with Crippen molar-refractivity contribution in [3.8, 4) is 0 Å². The van der Waals surface area contributed by atoms with Gasteiger partial charge in [0.2, 0.25) is 0 Å². The van der Waals surface area contributed by atoms with E-state index in [0.29, 0.717) is 17.8 Å². The second-order valence-electron chi connectivity index (χ2n) is 7.68. The highest BCUT2D eigenvalue weighted by atomic mass is 16.4. The first-order valence-corrected chi connectivity index (χ1v) is 8.42. The van der Waals surface area contributed by atoms with E-state index in [4.69, 9.17) is 5.11 Å². The Bertz CT molecular complexity index is 327. The standard InChI is InChI=1S/C17H31NO2/c1-17(2)10-3-6-15(9-11-17)18-12-4-5-14(13-18)7-8-16(19)20/h14-15H,3-13H2,1-2H3,(H,19,20). The van der Waals surface area contributed by atoms with E-state index in [1.54, 1.807) is 0 Å². The third kappa shape index (κ3) is 4.76. The Morgan fingerprint density at radius 3 is 2.75 bits per heavy atom. The van der Waals surface area contributed by atoms with Crippen molar-refractivity contribution in [3.63, 3.8) is 0 Å². The highest BCUT2D eigenvalue weighted by molar-refractivity contribution is 5.66. The molecule has 0 radical (unpaired) electrons. The van der Waals surface area contributed by atoms with Crippen molar-refractivity contribution in [2.45, 2.75) is 77.7 Å². The van der Waals surface area contributed by atoms with Crippen LogP contribution in [0.25, 0.3) is 0 Å². The van der Waals surface area contributed by atoms with Crippen molar-refractivity contribution < 1.29 is 9.90 Å². The molecule has 1 N–H and O–H groups in total. The average molecular weight is 281 g/mol. The molecule has 0 amide bonds. The number of carboxylic acids is 1. The van der Waals surface area contributed by atoms with Gasteiger partial charge in [0.25, 0.3) is 0 Å². The molecule has 1 aliphatic heterocycles. The molecule has 0 spiro atoms. The summed E-state index contributed by atoms with van der Waals surface area (Å²) < 4.78 is 0. The van der Waals surface area contributed by atoms with Gasteiger partial charge in [0, 0.05) is 19.0 Å². The van der Waals surface area contributed by atoms with Crippen molar-refractivity contribution in [2.24, 2.45) is 11.3 Å². The van der Waals surface area contributed by atoms with E-state index in [-0.39, 0.29) is 0 Å². The van der Waals surface area contributed by atoms with Crippen LogP contribution in [-0.4, -0.2) is 35.1 Å². The molecule has 2 fully saturated rings. The molecule has 1 aliphatic carbocycles. The molecule has 0 aromatic heterocycles. The molecule has 0 bridgehead atoms. The number of hydrogen-bond donors (Lipinski definition) is 1. The zero-order valence-electron chi connectivity index (χ0n) is 13.2. The summed E-state index contributed by atoms with van der Waals surface area (Å²) in [5.74, 6) is -0.0329. The minimum absolute atomic E-state index is 0.343. The van der Waals surface area contributed by atoms with Gasteiger partial charge in [0.15, 0.2) is 0 Å². The summed E-state index contributed by atoms with van der Waals surface area (Å²) in [7, 11) is 0. The van der Waals surface area contributed by atoms with Gasteiger partial charge in [-0.2, -0.15) is 0 Å². The lowest BCUT2D eigenvalue weighted by molar-refractivity contribution is -0.137. The maximum Gasteiger partial charge on any atom is 0.303 e. The molecule has 116 valence electrons. The van der Waals surface area contributed by atoms with Crippen LogP contribution >= 0.6 is 0 Å². The van der Waals surface area contributed by atoms with Crippen LogP contribution in [0, 0.1) is 11.3 Å². The van der Waals surface area contributed by atoms with E-state index in [2.05, 4.69) is 18.7 Å². The molecule has 1 saturated heterocycles. The quantitative estimate of drug-likeness (QED) is 0.794. The first-order valence-electron chi connectivity index (χ1n) is 8.42. The number of likely N-dealkylation sites (tertiary alicyclic amines) is 1. The van der Waals surface area contributed by atoms with Gasteiger partial charge in [-0.1, -0.05) is 20.3 Å². The van der Waals surface area contributed by atoms with Gasteiger partial charge in [0.05, 0.1) is 0 Å². The average Bonchev–Trinajstić information content (AvgIpc) is 2.58. The first-order chi connectivity index (χ1) is 9.46. The van der Waals surface area contributed by atoms with Crippen LogP contribution in [0.5, 0.6) is 0 Å². The predicted molar refractivity (Wildman–Crippen MR) is 81.8 cm³/mol. The number of piperidine rings is 1. The highest BCUT2D eigenvalue weighted by Gasteiger charge is 2.30. The van der Waals surface area contributed by atoms with E-state index < -0.39 is 5.97 Å². The van der Waals surface area contributed by atoms with Crippen LogP contribution in [0.1, 0.15) is 71.6 Å². The molecule has 2 aliphatic rings. The third-order valence-corrected chi connectivity index (χ3v) is 5.38. The monoisotopic (exact) mass is 281 g/mol. The molecule has 2 atom stereocenters. The van der Waals surface area contributed by atoms with E-state index in [9.17, 15) is 4.79 Å². The summed E-state index contributed by atoms with van der Waals surface area (Å²) in [4.78, 5) is 13.4. The predicted octanol–water partition coefficient (Wildman–Crippen LogP) is 3.92. The van der Waals surface area contributed by atoms with Crippen LogP contribution in [0.3, 0.4) is 0 Å². The molecule has 1 saturated carbocycles. The first kappa shape index (κ1) is 15.8. The maximum atomic E-state index is 10.7. The molecule has 3 heteroatoms. The van der Waals surface area contributed by atoms with Crippen LogP contribution in [0.2, 0.25) is 0 Å². The smallest absolute Gasteiger partial charge is 0.303 e. The van der Waals surface area contributed by atoms with Crippen LogP contribution < -0.4 is 0 Å². The van der Waals surface area contributed by atoms with Gasteiger partial charge in [-0.15, -0.1) is 0 Å². The third-order valence-electron chi connectivity index (χ3n) is 5.38. The lowest BCUT2D eigenvalue weighted by atomic mass is 9.85. The summed E-state index contributed by atoms with van der Waals surface area (Å²) in [6.07, 6.45) is 10.4. The van der Waals surface area contributed by atoms with Crippen LogP contribution in [0.4, 0.5) is 0 Å². The fourth-order valence-electron chi connectivity index (χ4n) is 4.00. The van der Waals surface area contributed by atoms with Crippen molar-refractivity contribution >= 4 is 5.97 Å². The van der Waals surface area contributed by atoms with Crippen molar-refractivity contribution in [2.75, 3.05) is 13.1 Å². The normalized spacial score (nSPS) is 31.7. The Kier molecular flexibility index (Phi) is 5.48. The largest absolute Gasteiger partial charge is 0.481 e. The molecular formula is C17H31NO2. The van der Waals surface area contributed by atoms with Crippen molar-refractivity contribution in [1.82, 2.24) is 4.90 Å². The Balaban J connectivity index is 1.83. The fraction of sp³-hybridized carbons (Fsp3) is 0.941. The van der Waals surface area contributed by atoms with E-state index >= 15 is 0 Å². The van der Waals surface area contributed by atoms with E-state index in [1.807, 2.05) is 0 Å². The van der Waals surface area contributed by atoms with E-state index in [1.165, 1.54) is 51.5 Å². The Hall–Kier alpha value is -0.570. The Morgan fingerprint density at radius 2 is 2.00 bits per heavy atom. The number of carboxylic acid groups (broad SMARTS) is 1. The van der Waals surface area contributed by atoms with Gasteiger partial charge in [-0.05, 0) is 62.8 Å². The molecule has 3 nitrogen and oxygen atoms in total. The molecular weight excluding hydrogens is 250 g/mol. The van der Waals surface area contributed by atoms with E-state index in [0.717, 1.165) is 19.0 Å². The number of aliphatic carboxylic acids is 1. The Labute approximate surface area is 123 Å². The molecule has 20 heavy (non-hydrogen) atoms. The molecule has 2 unspecified atom stereocenters. The van der Waals surface area contributed by atoms with Crippen LogP contribution in [0.15, 0.2) is 0 Å². The second-order valence-corrected chi connectivity index (χ2v) is 7.68. The SMILES string of the molecule is CC1(C)CCCC(N2CCCC(CCC(=O)O)C2)CC1. The molecule has 0 aromatic carbocycles. The molecule has 1 heterocycles. The summed E-state index contributed by atoms with van der Waals surface area (Å²) in [6.45, 7) is 7.18. The summed E-state index contributed by atoms with van der Waals surface area (Å²) >= 11 is 0. The number of carbonyl (C=O) groups is 1. The zero-order chi connectivity index (χ0) is 14.6. The lowest BCUT2D eigenvalue weighted by Gasteiger charge is -2.38. The van der Waals surface area contributed by atoms with Gasteiger partial charge in [-0.25, -0.2) is 0 Å². The topological polar surface area (TPSA) is 40.5 Å². The fourth-order valence-corrected chi connectivity index (χ4v) is 4.00. The minimum atomic E-state index is -0.640. The lowest BCUT2D eigenvalue weighted by Crippen LogP contribution is -2.42. The van der Waals surface area contributed by atoms with Gasteiger partial charge >= 0.3 is 5.97 Å². The maximum absolute atomic E-state index is 10.7. The number of rotatable bonds is 4. The minimum Gasteiger partial charge on any atom is -0.481 e. The van der Waals surface area contributed by atoms with Gasteiger partial charge < -0.3 is 10.0 Å². The summed E-state index contributed by atoms with van der Waals surface area (Å²) in [6, 6.07) is 0.754. The van der Waals surface area contributed by atoms with Crippen molar-refractivity contribution in [3.05, 3.63) is 0 Å². The summed E-state index contributed by atoms with van der Waals surface area (Å²) in [5, 5.41) is 8.84. The zero-order valence-corrected chi connectivity index (χ0v) is 13.2. The number of nitrogens with zero attached hydrogens (tertiary/aromatic N) is 1. The molecule has 2 rings (SSSR count). The highest BCUT2D eigenvalue weighted by Crippen LogP contribution is 2.36. The Morgan fingerprint density at radius 1 is 1.20 bits per heavy atom. The molecule has 0 aromatic rings. The number of hydrogen-bond acceptors (Lipinski definition) is 2. The van der Waals surface area contributed by atoms with Crippen LogP contribution in [-0.2, 0) is 4.79 Å². The van der Waals surface area contributed by atoms with Crippen molar-refractivity contribution in [1.29, 1.82) is 0 Å². The van der Waals surface area contributed by atoms with Gasteiger partial charge in [-0.3, -0.25) is 4.79 Å². The second kappa shape index (κ2) is 6.93.